The average Bonchev–Trinajstić information content (AvgIpc) is 2.76. The van der Waals surface area contributed by atoms with E-state index in [1.54, 1.807) is 0 Å². The predicted molar refractivity (Wildman–Crippen MR) is 173 cm³/mol. The van der Waals surface area contributed by atoms with Crippen molar-refractivity contribution in [1.29, 1.82) is 0 Å². The molecular formula is C21H60N13P4+. The third kappa shape index (κ3) is 6.03. The molecule has 0 N–H and O–H groups in total. The van der Waals surface area contributed by atoms with Crippen LogP contribution in [-0.2, 0) is 0 Å². The van der Waals surface area contributed by atoms with Crippen molar-refractivity contribution in [1.82, 2.24) is 37.5 Å². The first-order chi connectivity index (χ1) is 16.8. The van der Waals surface area contributed by atoms with Crippen molar-refractivity contribution in [2.75, 3.05) is 120 Å². The molecule has 0 aliphatic carbocycles. The van der Waals surface area contributed by atoms with E-state index in [-0.39, 0.29) is 0 Å². The van der Waals surface area contributed by atoms with Crippen molar-refractivity contribution in [2.45, 2.75) is 26.3 Å². The maximum absolute atomic E-state index is 5.95. The Morgan fingerprint density at radius 2 is 1.03 bits per heavy atom. The maximum Gasteiger partial charge on any atom is 0.310 e. The fourth-order valence-electron chi connectivity index (χ4n) is 5.36. The summed E-state index contributed by atoms with van der Waals surface area (Å²) in [4.78, 5) is 0. The minimum absolute atomic E-state index is 0.409. The van der Waals surface area contributed by atoms with E-state index in [2.05, 4.69) is 178 Å². The molecule has 0 spiro atoms. The van der Waals surface area contributed by atoms with E-state index in [0.29, 0.717) is 4.36 Å². The Labute approximate surface area is 236 Å². The molecule has 1 unspecified atom stereocenters. The lowest BCUT2D eigenvalue weighted by Crippen LogP contribution is -2.55. The van der Waals surface area contributed by atoms with E-state index in [9.17, 15) is 0 Å². The molecule has 0 fully saturated rings. The van der Waals surface area contributed by atoms with Crippen molar-refractivity contribution in [3.63, 3.8) is 0 Å². The summed E-state index contributed by atoms with van der Waals surface area (Å²) in [6.45, 7) is 6.42. The zero-order valence-corrected chi connectivity index (χ0v) is 31.7. The molecule has 0 saturated heterocycles. The predicted octanol–water partition coefficient (Wildman–Crippen LogP) is 5.44. The summed E-state index contributed by atoms with van der Waals surface area (Å²) in [5.41, 5.74) is -0.409. The molecule has 1 atom stereocenters. The van der Waals surface area contributed by atoms with E-state index in [1.807, 2.05) is 0 Å². The van der Waals surface area contributed by atoms with Gasteiger partial charge in [-0.1, -0.05) is 4.78 Å². The summed E-state index contributed by atoms with van der Waals surface area (Å²) in [7, 11) is 25.8. The third-order valence-corrected chi connectivity index (χ3v) is 23.8. The summed E-state index contributed by atoms with van der Waals surface area (Å²) in [5, 5.41) is 0. The highest BCUT2D eigenvalue weighted by Crippen LogP contribution is 2.83. The minimum Gasteiger partial charge on any atom is -0.252 e. The van der Waals surface area contributed by atoms with Gasteiger partial charge in [-0.3, -0.25) is 14.0 Å². The molecule has 228 valence electrons. The molecule has 1 aliphatic rings. The van der Waals surface area contributed by atoms with Crippen LogP contribution in [0.3, 0.4) is 0 Å². The first-order valence-corrected chi connectivity index (χ1v) is 19.1. The quantitative estimate of drug-likeness (QED) is 0.333. The number of hydrogen-bond donors (Lipinski definition) is 0. The number of quaternary nitrogens is 1. The fourth-order valence-corrected chi connectivity index (χ4v) is 25.6. The van der Waals surface area contributed by atoms with Crippen molar-refractivity contribution in [3.05, 3.63) is 0 Å². The average molecular weight is 619 g/mol. The van der Waals surface area contributed by atoms with Crippen molar-refractivity contribution in [2.24, 2.45) is 18.3 Å². The van der Waals surface area contributed by atoms with Crippen molar-refractivity contribution in [3.8, 4) is 0 Å². The van der Waals surface area contributed by atoms with E-state index >= 15 is 0 Å². The first-order valence-electron chi connectivity index (χ1n) is 12.7. The van der Waals surface area contributed by atoms with E-state index in [4.69, 9.17) is 18.3 Å². The van der Waals surface area contributed by atoms with Crippen LogP contribution in [0.1, 0.15) is 20.8 Å². The molecule has 13 nitrogen and oxygen atoms in total. The Morgan fingerprint density at radius 1 is 0.658 bits per heavy atom. The Balaban J connectivity index is 5.05. The van der Waals surface area contributed by atoms with E-state index < -0.39 is 35.6 Å². The van der Waals surface area contributed by atoms with E-state index in [1.165, 1.54) is 0 Å². The van der Waals surface area contributed by atoms with E-state index in [0.717, 1.165) is 0 Å². The Bertz CT molecular complexity index is 1010. The van der Waals surface area contributed by atoms with Crippen LogP contribution in [0.25, 0.3) is 0 Å². The van der Waals surface area contributed by atoms with Gasteiger partial charge in [0.2, 0.25) is 7.51 Å². The Hall–Kier alpha value is 0.560. The van der Waals surface area contributed by atoms with Gasteiger partial charge in [-0.25, -0.2) is 23.4 Å². The molecule has 0 amide bonds. The highest BCUT2D eigenvalue weighted by atomic mass is 31.3. The summed E-state index contributed by atoms with van der Waals surface area (Å²) in [6.07, 6.45) is 0. The molecule has 17 heteroatoms. The summed E-state index contributed by atoms with van der Waals surface area (Å²) < 4.78 is 42.1. The summed E-state index contributed by atoms with van der Waals surface area (Å²) >= 11 is 0. The van der Waals surface area contributed by atoms with Gasteiger partial charge in [0.15, 0.2) is 7.51 Å². The van der Waals surface area contributed by atoms with Gasteiger partial charge in [0.25, 0.3) is 0 Å². The topological polar surface area (TPSA) is 75.4 Å². The molecule has 0 saturated carbocycles. The first kappa shape index (κ1) is 36.6. The molecule has 38 heavy (non-hydrogen) atoms. The Kier molecular flexibility index (Phi) is 11.6. The molecule has 0 aromatic rings. The van der Waals surface area contributed by atoms with Crippen LogP contribution in [0.5, 0.6) is 0 Å². The van der Waals surface area contributed by atoms with Gasteiger partial charge in [0, 0.05) is 7.05 Å². The van der Waals surface area contributed by atoms with Crippen LogP contribution in [0.4, 0.5) is 0 Å². The minimum atomic E-state index is -3.12. The van der Waals surface area contributed by atoms with Crippen molar-refractivity contribution < 1.29 is 4.36 Å². The van der Waals surface area contributed by atoms with Crippen LogP contribution in [0.15, 0.2) is 18.3 Å². The van der Waals surface area contributed by atoms with Crippen LogP contribution in [0, 0.1) is 0 Å². The maximum atomic E-state index is 5.95. The van der Waals surface area contributed by atoms with Gasteiger partial charge in [-0.15, -0.1) is 4.52 Å². The lowest BCUT2D eigenvalue weighted by atomic mass is 10.1. The molecule has 1 aliphatic heterocycles. The molecule has 0 aromatic heterocycles. The summed E-state index contributed by atoms with van der Waals surface area (Å²) in [6, 6.07) is 0. The van der Waals surface area contributed by atoms with Gasteiger partial charge < -0.3 is 0 Å². The van der Waals surface area contributed by atoms with Crippen molar-refractivity contribution >= 4 is 30.0 Å². The SMILES string of the molecule is CN(C)P(=NP1(=NC(C)(C)C)N=P(N(C)C)(N(C)C)N(C)[N+](C)(C)P(N(C)C)(N(C)C)=N1)(N(C)C)N(C)C. The monoisotopic (exact) mass is 618 g/mol. The highest BCUT2D eigenvalue weighted by Gasteiger charge is 2.57. The highest BCUT2D eigenvalue weighted by molar-refractivity contribution is 7.80. The van der Waals surface area contributed by atoms with Crippen LogP contribution < -0.4 is 0 Å². The smallest absolute Gasteiger partial charge is 0.252 e. The van der Waals surface area contributed by atoms with Crippen LogP contribution in [-0.4, -0.2) is 167 Å². The second-order valence-corrected chi connectivity index (χ2v) is 26.2. The second kappa shape index (κ2) is 12.0. The fraction of sp³-hybridized carbons (Fsp3) is 1.00. The standard InChI is InChI=1S/C21H60N13P4/c1-21(2,3)22-35(23-36(26(4)5,27(6)7)28(8)9)24-37(29(10)11,30(12)13)33(18)34(19,20)38(25-35,31(14)15)32(16)17/h1-20H3/q+1. The molecule has 0 bridgehead atoms. The number of nitrogens with zero attached hydrogens (tertiary/aromatic N) is 13. The van der Waals surface area contributed by atoms with Crippen LogP contribution in [0.2, 0.25) is 0 Å². The lowest BCUT2D eigenvalue weighted by molar-refractivity contribution is -0.875. The molecule has 0 aromatic carbocycles. The number of hydrogen-bond acceptors (Lipinski definition) is 6. The molecule has 1 heterocycles. The van der Waals surface area contributed by atoms with Gasteiger partial charge in [0.05, 0.1) is 19.6 Å². The van der Waals surface area contributed by atoms with Gasteiger partial charge in [-0.2, -0.15) is 13.4 Å². The van der Waals surface area contributed by atoms with Gasteiger partial charge in [-0.05, 0) is 119 Å². The van der Waals surface area contributed by atoms with Gasteiger partial charge in [0.1, 0.15) is 0 Å². The number of rotatable bonds is 8. The second-order valence-electron chi connectivity index (χ2n) is 12.4. The molecule has 0 radical (unpaired) electrons. The molecule has 1 rings (SSSR count). The van der Waals surface area contributed by atoms with Crippen LogP contribution >= 0.6 is 30.0 Å². The largest absolute Gasteiger partial charge is 0.310 e. The third-order valence-electron chi connectivity index (χ3n) is 6.66. The van der Waals surface area contributed by atoms with Gasteiger partial charge >= 0.3 is 15.0 Å². The lowest BCUT2D eigenvalue weighted by Gasteiger charge is -2.53. The zero-order chi connectivity index (χ0) is 30.4. The normalized spacial score (nSPS) is 24.4. The zero-order valence-electron chi connectivity index (χ0n) is 28.1. The Morgan fingerprint density at radius 3 is 1.29 bits per heavy atom. The summed E-state index contributed by atoms with van der Waals surface area (Å²) in [5.74, 6) is 0. The molecular weight excluding hydrogens is 558 g/mol.